The Kier molecular flexibility index (Phi) is 6.23. The van der Waals surface area contributed by atoms with Crippen LogP contribution >= 0.6 is 11.3 Å². The molecule has 0 atom stereocenters. The van der Waals surface area contributed by atoms with Crippen molar-refractivity contribution in [1.82, 2.24) is 10.6 Å². The molecule has 0 aliphatic carbocycles. The fourth-order valence-electron chi connectivity index (χ4n) is 2.80. The lowest BCUT2D eigenvalue weighted by Crippen LogP contribution is -2.39. The Bertz CT molecular complexity index is 728. The fraction of sp³-hybridized carbons (Fsp3) is 0.190. The summed E-state index contributed by atoms with van der Waals surface area (Å²) >= 11 is 1.75. The first kappa shape index (κ1) is 17.2. The molecule has 0 spiro atoms. The van der Waals surface area contributed by atoms with Crippen molar-refractivity contribution in [2.45, 2.75) is 12.5 Å². The van der Waals surface area contributed by atoms with E-state index >= 15 is 0 Å². The van der Waals surface area contributed by atoms with E-state index in [2.05, 4.69) is 93.8 Å². The molecule has 2 aromatic carbocycles. The van der Waals surface area contributed by atoms with Crippen molar-refractivity contribution in [3.05, 3.63) is 94.2 Å². The second-order valence-electron chi connectivity index (χ2n) is 5.76. The minimum atomic E-state index is 0.280. The van der Waals surface area contributed by atoms with E-state index in [4.69, 9.17) is 0 Å². The summed E-state index contributed by atoms with van der Waals surface area (Å²) in [6, 6.07) is 25.4. The molecule has 0 bridgehead atoms. The zero-order chi connectivity index (χ0) is 17.3. The van der Waals surface area contributed by atoms with Crippen LogP contribution < -0.4 is 10.6 Å². The van der Waals surface area contributed by atoms with Crippen LogP contribution in [0.1, 0.15) is 21.9 Å². The van der Waals surface area contributed by atoms with Gasteiger partial charge < -0.3 is 10.6 Å². The van der Waals surface area contributed by atoms with Gasteiger partial charge in [-0.15, -0.1) is 11.3 Å². The number of thiophene rings is 1. The van der Waals surface area contributed by atoms with Crippen molar-refractivity contribution < 1.29 is 0 Å². The van der Waals surface area contributed by atoms with E-state index in [9.17, 15) is 0 Å². The number of guanidine groups is 1. The van der Waals surface area contributed by atoms with E-state index in [-0.39, 0.29) is 5.92 Å². The first-order chi connectivity index (χ1) is 12.4. The Labute approximate surface area is 153 Å². The topological polar surface area (TPSA) is 36.4 Å². The number of hydrogen-bond donors (Lipinski definition) is 2. The smallest absolute Gasteiger partial charge is 0.191 e. The molecule has 0 radical (unpaired) electrons. The van der Waals surface area contributed by atoms with Crippen molar-refractivity contribution >= 4 is 17.3 Å². The largest absolute Gasteiger partial charge is 0.355 e. The van der Waals surface area contributed by atoms with Gasteiger partial charge in [-0.3, -0.25) is 4.99 Å². The summed E-state index contributed by atoms with van der Waals surface area (Å²) in [5, 5.41) is 8.94. The molecule has 0 amide bonds. The minimum Gasteiger partial charge on any atom is -0.355 e. The fourth-order valence-corrected chi connectivity index (χ4v) is 3.45. The second kappa shape index (κ2) is 9.04. The van der Waals surface area contributed by atoms with Gasteiger partial charge >= 0.3 is 0 Å². The number of hydrogen-bond acceptors (Lipinski definition) is 2. The van der Waals surface area contributed by atoms with Gasteiger partial charge in [-0.2, -0.15) is 0 Å². The monoisotopic (exact) mass is 349 g/mol. The predicted molar refractivity (Wildman–Crippen MR) is 107 cm³/mol. The molecule has 2 N–H and O–H groups in total. The lowest BCUT2D eigenvalue weighted by atomic mass is 9.91. The summed E-state index contributed by atoms with van der Waals surface area (Å²) in [4.78, 5) is 5.64. The quantitative estimate of drug-likeness (QED) is 0.516. The standard InChI is InChI=1S/C21H23N3S/c1-22-21(23-15-19-13-8-14-25-19)24-16-20(17-9-4-2-5-10-17)18-11-6-3-7-12-18/h2-14,20H,15-16H2,1H3,(H2,22,23,24). The Morgan fingerprint density at radius 1 is 0.880 bits per heavy atom. The van der Waals surface area contributed by atoms with Gasteiger partial charge in [0.25, 0.3) is 0 Å². The molecule has 0 saturated heterocycles. The van der Waals surface area contributed by atoms with Crippen molar-refractivity contribution in [2.75, 3.05) is 13.6 Å². The van der Waals surface area contributed by atoms with E-state index < -0.39 is 0 Å². The normalized spacial score (nSPS) is 11.5. The molecular weight excluding hydrogens is 326 g/mol. The maximum atomic E-state index is 4.35. The Morgan fingerprint density at radius 2 is 1.52 bits per heavy atom. The van der Waals surface area contributed by atoms with Gasteiger partial charge in [0.1, 0.15) is 0 Å². The van der Waals surface area contributed by atoms with Gasteiger partial charge in [-0.25, -0.2) is 0 Å². The van der Waals surface area contributed by atoms with E-state index in [1.54, 1.807) is 11.3 Å². The summed E-state index contributed by atoms with van der Waals surface area (Å²) < 4.78 is 0. The summed E-state index contributed by atoms with van der Waals surface area (Å²) in [7, 11) is 1.81. The molecule has 0 fully saturated rings. The van der Waals surface area contributed by atoms with Gasteiger partial charge in [0, 0.05) is 24.4 Å². The summed E-state index contributed by atoms with van der Waals surface area (Å²) in [6.45, 7) is 1.58. The Hall–Kier alpha value is -2.59. The van der Waals surface area contributed by atoms with E-state index in [1.807, 2.05) is 7.05 Å². The summed E-state index contributed by atoms with van der Waals surface area (Å²) in [5.41, 5.74) is 2.60. The molecule has 25 heavy (non-hydrogen) atoms. The van der Waals surface area contributed by atoms with Gasteiger partial charge in [0.05, 0.1) is 6.54 Å². The van der Waals surface area contributed by atoms with E-state index in [0.29, 0.717) is 0 Å². The van der Waals surface area contributed by atoms with Crippen LogP contribution in [0, 0.1) is 0 Å². The minimum absolute atomic E-state index is 0.280. The van der Waals surface area contributed by atoms with Crippen molar-refractivity contribution in [3.8, 4) is 0 Å². The molecule has 1 heterocycles. The maximum Gasteiger partial charge on any atom is 0.191 e. The highest BCUT2D eigenvalue weighted by molar-refractivity contribution is 7.09. The molecule has 0 aliphatic heterocycles. The van der Waals surface area contributed by atoms with Crippen molar-refractivity contribution in [2.24, 2.45) is 4.99 Å². The van der Waals surface area contributed by atoms with Crippen LogP contribution in [0.5, 0.6) is 0 Å². The van der Waals surface area contributed by atoms with Crippen LogP contribution in [-0.2, 0) is 6.54 Å². The third-order valence-electron chi connectivity index (χ3n) is 4.11. The van der Waals surface area contributed by atoms with Crippen LogP contribution in [0.15, 0.2) is 83.2 Å². The second-order valence-corrected chi connectivity index (χ2v) is 6.79. The van der Waals surface area contributed by atoms with Gasteiger partial charge in [0.2, 0.25) is 0 Å². The zero-order valence-electron chi connectivity index (χ0n) is 14.4. The van der Waals surface area contributed by atoms with Crippen LogP contribution in [0.25, 0.3) is 0 Å². The maximum absolute atomic E-state index is 4.35. The van der Waals surface area contributed by atoms with Crippen molar-refractivity contribution in [1.29, 1.82) is 0 Å². The molecule has 3 aromatic rings. The Balaban J connectivity index is 1.67. The molecule has 0 aliphatic rings. The number of nitrogens with one attached hydrogen (secondary N) is 2. The molecular formula is C21H23N3S. The molecule has 128 valence electrons. The summed E-state index contributed by atoms with van der Waals surface area (Å²) in [5.74, 6) is 1.10. The average molecular weight is 350 g/mol. The predicted octanol–water partition coefficient (Wildman–Crippen LogP) is 4.25. The van der Waals surface area contributed by atoms with E-state index in [1.165, 1.54) is 16.0 Å². The van der Waals surface area contributed by atoms with Gasteiger partial charge in [0.15, 0.2) is 5.96 Å². The van der Waals surface area contributed by atoms with Gasteiger partial charge in [-0.1, -0.05) is 66.7 Å². The number of nitrogens with zero attached hydrogens (tertiary/aromatic N) is 1. The average Bonchev–Trinajstić information content (AvgIpc) is 3.20. The number of benzene rings is 2. The lowest BCUT2D eigenvalue weighted by molar-refractivity contribution is 0.729. The molecule has 3 rings (SSSR count). The highest BCUT2D eigenvalue weighted by atomic mass is 32.1. The molecule has 1 aromatic heterocycles. The molecule has 4 heteroatoms. The highest BCUT2D eigenvalue weighted by Gasteiger charge is 2.14. The van der Waals surface area contributed by atoms with Gasteiger partial charge in [-0.05, 0) is 22.6 Å². The van der Waals surface area contributed by atoms with Crippen LogP contribution in [0.3, 0.4) is 0 Å². The highest BCUT2D eigenvalue weighted by Crippen LogP contribution is 2.23. The molecule has 3 nitrogen and oxygen atoms in total. The van der Waals surface area contributed by atoms with Crippen LogP contribution in [-0.4, -0.2) is 19.6 Å². The summed E-state index contributed by atoms with van der Waals surface area (Å²) in [6.07, 6.45) is 0. The molecule has 0 unspecified atom stereocenters. The third-order valence-corrected chi connectivity index (χ3v) is 4.99. The number of aliphatic imine (C=N–C) groups is 1. The Morgan fingerprint density at radius 3 is 2.04 bits per heavy atom. The van der Waals surface area contributed by atoms with E-state index in [0.717, 1.165) is 19.0 Å². The van der Waals surface area contributed by atoms with Crippen LogP contribution in [0.4, 0.5) is 0 Å². The number of rotatable bonds is 6. The first-order valence-electron chi connectivity index (χ1n) is 8.43. The van der Waals surface area contributed by atoms with Crippen LogP contribution in [0.2, 0.25) is 0 Å². The van der Waals surface area contributed by atoms with Crippen molar-refractivity contribution in [3.63, 3.8) is 0 Å². The molecule has 0 saturated carbocycles. The zero-order valence-corrected chi connectivity index (χ0v) is 15.2. The third kappa shape index (κ3) is 4.94. The lowest BCUT2D eigenvalue weighted by Gasteiger charge is -2.20. The SMILES string of the molecule is CN=C(NCc1cccs1)NCC(c1ccccc1)c1ccccc1. The first-order valence-corrected chi connectivity index (χ1v) is 9.31.